The Morgan fingerprint density at radius 3 is 2.31 bits per heavy atom. The Labute approximate surface area is 176 Å². The second kappa shape index (κ2) is 12.0. The van der Waals surface area contributed by atoms with Gasteiger partial charge in [0.25, 0.3) is 0 Å². The van der Waals surface area contributed by atoms with Crippen LogP contribution in [0.3, 0.4) is 0 Å². The molecular weight excluding hydrogens is 384 g/mol. The van der Waals surface area contributed by atoms with Gasteiger partial charge in [0, 0.05) is 6.08 Å². The summed E-state index contributed by atoms with van der Waals surface area (Å²) in [5, 5.41) is 0.121. The van der Waals surface area contributed by atoms with Gasteiger partial charge >= 0.3 is 5.97 Å². The zero-order valence-electron chi connectivity index (χ0n) is 18.9. The summed E-state index contributed by atoms with van der Waals surface area (Å²) in [7, 11) is 1.09. The molecule has 0 heterocycles. The minimum Gasteiger partial charge on any atom is -0.497 e. The fourth-order valence-electron chi connectivity index (χ4n) is 2.28. The van der Waals surface area contributed by atoms with Gasteiger partial charge in [-0.3, -0.25) is 0 Å². The number of carbonyl (C=O) groups is 1. The molecule has 1 rings (SSSR count). The highest BCUT2D eigenvalue weighted by Gasteiger charge is 2.38. The highest BCUT2D eigenvalue weighted by atomic mass is 28.4. The summed E-state index contributed by atoms with van der Waals surface area (Å²) in [4.78, 5) is 11.1. The Balaban J connectivity index is 2.69. The molecule has 29 heavy (non-hydrogen) atoms. The van der Waals surface area contributed by atoms with E-state index in [2.05, 4.69) is 38.6 Å². The number of benzene rings is 1. The van der Waals surface area contributed by atoms with E-state index in [1.807, 2.05) is 36.4 Å². The third-order valence-corrected chi connectivity index (χ3v) is 9.61. The van der Waals surface area contributed by atoms with Gasteiger partial charge in [0.1, 0.15) is 5.75 Å². The predicted molar refractivity (Wildman–Crippen MR) is 120 cm³/mol. The van der Waals surface area contributed by atoms with Crippen molar-refractivity contribution < 1.29 is 23.4 Å². The third kappa shape index (κ3) is 9.43. The summed E-state index contributed by atoms with van der Waals surface area (Å²) < 4.78 is 22.3. The minimum atomic E-state index is -1.92. The fourth-order valence-corrected chi connectivity index (χ4v) is 3.64. The third-order valence-electron chi connectivity index (χ3n) is 5.08. The van der Waals surface area contributed by atoms with Gasteiger partial charge in [0.2, 0.25) is 0 Å². The molecule has 6 heteroatoms. The van der Waals surface area contributed by atoms with E-state index in [0.29, 0.717) is 19.6 Å². The number of ether oxygens (including phenoxy) is 3. The lowest BCUT2D eigenvalue weighted by Gasteiger charge is -2.39. The molecule has 0 saturated heterocycles. The van der Waals surface area contributed by atoms with E-state index in [9.17, 15) is 4.79 Å². The molecule has 0 aromatic heterocycles. The average Bonchev–Trinajstić information content (AvgIpc) is 2.66. The molecule has 1 atom stereocenters. The van der Waals surface area contributed by atoms with Gasteiger partial charge in [-0.25, -0.2) is 4.79 Å². The summed E-state index contributed by atoms with van der Waals surface area (Å²) in [6, 6.07) is 7.86. The first-order valence-electron chi connectivity index (χ1n) is 9.88. The van der Waals surface area contributed by atoms with Crippen LogP contribution in [0.2, 0.25) is 18.1 Å². The molecule has 0 radical (unpaired) electrons. The van der Waals surface area contributed by atoms with Crippen LogP contribution in [0.1, 0.15) is 32.8 Å². The Morgan fingerprint density at radius 1 is 1.10 bits per heavy atom. The summed E-state index contributed by atoms with van der Waals surface area (Å²) in [6.45, 7) is 12.2. The lowest BCUT2D eigenvalue weighted by molar-refractivity contribution is -0.134. The zero-order chi connectivity index (χ0) is 21.9. The molecule has 0 saturated carbocycles. The minimum absolute atomic E-state index is 0.0445. The summed E-state index contributed by atoms with van der Waals surface area (Å²) in [5.41, 5.74) is 1.09. The molecule has 0 N–H and O–H groups in total. The van der Waals surface area contributed by atoms with Crippen LogP contribution in [-0.2, 0) is 25.3 Å². The molecule has 0 unspecified atom stereocenters. The van der Waals surface area contributed by atoms with Gasteiger partial charge in [-0.1, -0.05) is 51.1 Å². The molecule has 5 nitrogen and oxygen atoms in total. The standard InChI is InChI=1S/C23H36O5Si/c1-23(2,3)29(6,7)28-21(11-9-8-10-12-22(24)26-5)18-27-17-19-13-15-20(25-4)16-14-19/h8-10,12-16,21H,11,17-18H2,1-7H3/b9-8+,12-10-/t21-/m0/s1. The molecule has 162 valence electrons. The maximum atomic E-state index is 11.1. The van der Waals surface area contributed by atoms with Gasteiger partial charge in [-0.05, 0) is 42.2 Å². The van der Waals surface area contributed by atoms with Crippen molar-refractivity contribution >= 4 is 14.3 Å². The SMILES string of the molecule is COC(=O)/C=C\C=C\C[C@@H](COCc1ccc(OC)cc1)O[Si](C)(C)C(C)(C)C. The highest BCUT2D eigenvalue weighted by molar-refractivity contribution is 6.74. The van der Waals surface area contributed by atoms with E-state index < -0.39 is 8.32 Å². The topological polar surface area (TPSA) is 54.0 Å². The van der Waals surface area contributed by atoms with Gasteiger partial charge in [0.15, 0.2) is 8.32 Å². The Bertz CT molecular complexity index is 672. The number of rotatable bonds is 11. The first-order valence-corrected chi connectivity index (χ1v) is 12.8. The number of hydrogen-bond donors (Lipinski definition) is 0. The van der Waals surface area contributed by atoms with Crippen molar-refractivity contribution in [3.63, 3.8) is 0 Å². The van der Waals surface area contributed by atoms with E-state index >= 15 is 0 Å². The molecular formula is C23H36O5Si. The molecule has 0 fully saturated rings. The molecule has 0 aliphatic carbocycles. The lowest BCUT2D eigenvalue weighted by atomic mass is 10.2. The van der Waals surface area contributed by atoms with Crippen LogP contribution in [0.4, 0.5) is 0 Å². The maximum Gasteiger partial charge on any atom is 0.330 e. The first kappa shape index (κ1) is 25.1. The molecule has 0 aliphatic rings. The number of carbonyl (C=O) groups excluding carboxylic acids is 1. The average molecular weight is 421 g/mol. The summed E-state index contributed by atoms with van der Waals surface area (Å²) in [5.74, 6) is 0.463. The molecule has 1 aromatic carbocycles. The monoisotopic (exact) mass is 420 g/mol. The number of allylic oxidation sites excluding steroid dienone is 2. The number of hydrogen-bond acceptors (Lipinski definition) is 5. The van der Waals surface area contributed by atoms with Crippen molar-refractivity contribution in [2.45, 2.75) is 58.0 Å². The largest absolute Gasteiger partial charge is 0.497 e. The van der Waals surface area contributed by atoms with Crippen LogP contribution in [0.15, 0.2) is 48.6 Å². The lowest BCUT2D eigenvalue weighted by Crippen LogP contribution is -2.45. The normalized spacial score (nSPS) is 13.8. The second-order valence-corrected chi connectivity index (χ2v) is 13.2. The van der Waals surface area contributed by atoms with E-state index in [-0.39, 0.29) is 17.1 Å². The van der Waals surface area contributed by atoms with Crippen LogP contribution in [0.5, 0.6) is 5.75 Å². The molecule has 0 bridgehead atoms. The van der Waals surface area contributed by atoms with E-state index in [0.717, 1.165) is 11.3 Å². The zero-order valence-corrected chi connectivity index (χ0v) is 19.9. The van der Waals surface area contributed by atoms with Gasteiger partial charge in [-0.2, -0.15) is 0 Å². The Kier molecular flexibility index (Phi) is 10.4. The predicted octanol–water partition coefficient (Wildman–Crippen LogP) is 5.28. The maximum absolute atomic E-state index is 11.1. The van der Waals surface area contributed by atoms with Gasteiger partial charge < -0.3 is 18.6 Å². The highest BCUT2D eigenvalue weighted by Crippen LogP contribution is 2.37. The van der Waals surface area contributed by atoms with Crippen LogP contribution in [-0.4, -0.2) is 41.2 Å². The van der Waals surface area contributed by atoms with Crippen molar-refractivity contribution in [2.75, 3.05) is 20.8 Å². The molecule has 0 amide bonds. The van der Waals surface area contributed by atoms with Crippen molar-refractivity contribution in [3.8, 4) is 5.75 Å². The Morgan fingerprint density at radius 2 is 1.76 bits per heavy atom. The van der Waals surface area contributed by atoms with Crippen molar-refractivity contribution in [1.82, 2.24) is 0 Å². The van der Waals surface area contributed by atoms with E-state index in [1.54, 1.807) is 13.2 Å². The van der Waals surface area contributed by atoms with Crippen molar-refractivity contribution in [2.24, 2.45) is 0 Å². The van der Waals surface area contributed by atoms with Gasteiger partial charge in [0.05, 0.1) is 33.5 Å². The molecule has 0 aliphatic heterocycles. The number of methoxy groups -OCH3 is 2. The van der Waals surface area contributed by atoms with E-state index in [1.165, 1.54) is 13.2 Å². The number of esters is 1. The van der Waals surface area contributed by atoms with Gasteiger partial charge in [-0.15, -0.1) is 0 Å². The summed E-state index contributed by atoms with van der Waals surface area (Å²) >= 11 is 0. The van der Waals surface area contributed by atoms with Crippen molar-refractivity contribution in [1.29, 1.82) is 0 Å². The quantitative estimate of drug-likeness (QED) is 0.211. The first-order chi connectivity index (χ1) is 13.6. The van der Waals surface area contributed by atoms with E-state index in [4.69, 9.17) is 13.9 Å². The Hall–Kier alpha value is -1.89. The van der Waals surface area contributed by atoms with Crippen LogP contribution in [0, 0.1) is 0 Å². The fraction of sp³-hybridized carbons (Fsp3) is 0.522. The molecule has 0 spiro atoms. The van der Waals surface area contributed by atoms with Crippen LogP contribution < -0.4 is 4.74 Å². The smallest absolute Gasteiger partial charge is 0.330 e. The van der Waals surface area contributed by atoms with Crippen LogP contribution >= 0.6 is 0 Å². The molecule has 1 aromatic rings. The van der Waals surface area contributed by atoms with Crippen molar-refractivity contribution in [3.05, 3.63) is 54.1 Å². The second-order valence-electron chi connectivity index (χ2n) is 8.41. The summed E-state index contributed by atoms with van der Waals surface area (Å²) in [6.07, 6.45) is 7.56. The van der Waals surface area contributed by atoms with Crippen LogP contribution in [0.25, 0.3) is 0 Å².